The number of halogens is 1. The topological polar surface area (TPSA) is 60.2 Å². The van der Waals surface area contributed by atoms with E-state index in [1.807, 2.05) is 25.5 Å². The molecule has 4 heterocycles. The van der Waals surface area contributed by atoms with E-state index in [0.29, 0.717) is 19.0 Å². The van der Waals surface area contributed by atoms with Crippen LogP contribution in [-0.4, -0.2) is 44.4 Å². The fourth-order valence-electron chi connectivity index (χ4n) is 3.80. The van der Waals surface area contributed by atoms with Gasteiger partial charge in [0.2, 0.25) is 0 Å². The van der Waals surface area contributed by atoms with E-state index in [0.717, 1.165) is 48.5 Å². The first-order valence-electron chi connectivity index (χ1n) is 9.52. The quantitative estimate of drug-likeness (QED) is 0.767. The summed E-state index contributed by atoms with van der Waals surface area (Å²) in [6.07, 6.45) is 4.34. The van der Waals surface area contributed by atoms with E-state index in [1.54, 1.807) is 11.0 Å². The Hall–Kier alpha value is -2.44. The molecule has 0 radical (unpaired) electrons. The minimum atomic E-state index is -0.475. The molecule has 0 saturated carbocycles. The lowest BCUT2D eigenvalue weighted by Gasteiger charge is -2.32. The average molecular weight is 372 g/mol. The second-order valence-corrected chi connectivity index (χ2v) is 8.35. The van der Waals surface area contributed by atoms with E-state index in [9.17, 15) is 9.18 Å². The minimum absolute atomic E-state index is 0.245. The largest absolute Gasteiger partial charge is 0.444 e. The molecule has 1 fully saturated rings. The number of aryl methyl sites for hydroxylation is 2. The van der Waals surface area contributed by atoms with Gasteiger partial charge >= 0.3 is 6.09 Å². The molecular formula is C20H25FN4O2. The van der Waals surface area contributed by atoms with Gasteiger partial charge in [0.25, 0.3) is 0 Å². The van der Waals surface area contributed by atoms with Crippen LogP contribution >= 0.6 is 0 Å². The smallest absolute Gasteiger partial charge is 0.410 e. The van der Waals surface area contributed by atoms with Crippen molar-refractivity contribution in [2.75, 3.05) is 13.1 Å². The SMILES string of the molecule is CC(C)(C)OC(=O)N1CCC(c2cc3n(n2)-c2ncc(F)cc2CC3)CC1. The van der Waals surface area contributed by atoms with Crippen molar-refractivity contribution < 1.29 is 13.9 Å². The summed E-state index contributed by atoms with van der Waals surface area (Å²) in [5.41, 5.74) is 2.58. The van der Waals surface area contributed by atoms with Gasteiger partial charge in [-0.15, -0.1) is 0 Å². The fourth-order valence-corrected chi connectivity index (χ4v) is 3.80. The lowest BCUT2D eigenvalue weighted by molar-refractivity contribution is 0.0204. The van der Waals surface area contributed by atoms with Crippen molar-refractivity contribution in [3.8, 4) is 5.82 Å². The van der Waals surface area contributed by atoms with Crippen molar-refractivity contribution in [1.82, 2.24) is 19.7 Å². The zero-order valence-electron chi connectivity index (χ0n) is 16.0. The number of carbonyl (C=O) groups excluding carboxylic acids is 1. The van der Waals surface area contributed by atoms with Crippen molar-refractivity contribution in [3.05, 3.63) is 41.1 Å². The first-order valence-corrected chi connectivity index (χ1v) is 9.52. The fraction of sp³-hybridized carbons (Fsp3) is 0.550. The molecule has 2 aromatic rings. The highest BCUT2D eigenvalue weighted by molar-refractivity contribution is 5.68. The summed E-state index contributed by atoms with van der Waals surface area (Å²) in [4.78, 5) is 18.2. The molecule has 0 bridgehead atoms. The van der Waals surface area contributed by atoms with Gasteiger partial charge in [-0.25, -0.2) is 18.9 Å². The average Bonchev–Trinajstić information content (AvgIpc) is 3.04. The predicted octanol–water partition coefficient (Wildman–Crippen LogP) is 3.62. The minimum Gasteiger partial charge on any atom is -0.444 e. The van der Waals surface area contributed by atoms with Crippen LogP contribution in [-0.2, 0) is 17.6 Å². The predicted molar refractivity (Wildman–Crippen MR) is 98.5 cm³/mol. The summed E-state index contributed by atoms with van der Waals surface area (Å²) >= 11 is 0. The Kier molecular flexibility index (Phi) is 4.40. The Balaban J connectivity index is 1.46. The number of hydrogen-bond acceptors (Lipinski definition) is 4. The maximum atomic E-state index is 13.4. The number of carbonyl (C=O) groups is 1. The molecule has 2 aliphatic heterocycles. The Bertz CT molecular complexity index is 863. The molecule has 0 unspecified atom stereocenters. The summed E-state index contributed by atoms with van der Waals surface area (Å²) in [7, 11) is 0. The van der Waals surface area contributed by atoms with Crippen LogP contribution < -0.4 is 0 Å². The first-order chi connectivity index (χ1) is 12.8. The number of likely N-dealkylation sites (tertiary alicyclic amines) is 1. The lowest BCUT2D eigenvalue weighted by atomic mass is 9.93. The number of piperidine rings is 1. The molecule has 1 amide bonds. The van der Waals surface area contributed by atoms with Crippen LogP contribution in [0.4, 0.5) is 9.18 Å². The van der Waals surface area contributed by atoms with E-state index in [2.05, 4.69) is 11.1 Å². The number of pyridine rings is 1. The van der Waals surface area contributed by atoms with Crippen molar-refractivity contribution in [1.29, 1.82) is 0 Å². The van der Waals surface area contributed by atoms with Gasteiger partial charge in [0.1, 0.15) is 11.4 Å². The van der Waals surface area contributed by atoms with Crippen LogP contribution in [0.2, 0.25) is 0 Å². The molecule has 6 nitrogen and oxygen atoms in total. The maximum Gasteiger partial charge on any atom is 0.410 e. The number of ether oxygens (including phenoxy) is 1. The third-order valence-corrected chi connectivity index (χ3v) is 5.13. The second-order valence-electron chi connectivity index (χ2n) is 8.35. The third-order valence-electron chi connectivity index (χ3n) is 5.13. The van der Waals surface area contributed by atoms with Gasteiger partial charge in [-0.3, -0.25) is 0 Å². The van der Waals surface area contributed by atoms with Crippen molar-refractivity contribution in [3.63, 3.8) is 0 Å². The molecule has 2 aliphatic rings. The summed E-state index contributed by atoms with van der Waals surface area (Å²) in [5.74, 6) is 0.736. The molecule has 4 rings (SSSR count). The van der Waals surface area contributed by atoms with Gasteiger partial charge in [-0.1, -0.05) is 0 Å². The number of hydrogen-bond donors (Lipinski definition) is 0. The highest BCUT2D eigenvalue weighted by Crippen LogP contribution is 2.31. The number of nitrogens with zero attached hydrogens (tertiary/aromatic N) is 4. The molecule has 144 valence electrons. The van der Waals surface area contributed by atoms with E-state index >= 15 is 0 Å². The Morgan fingerprint density at radius 3 is 2.67 bits per heavy atom. The highest BCUT2D eigenvalue weighted by Gasteiger charge is 2.30. The van der Waals surface area contributed by atoms with Crippen LogP contribution in [0.15, 0.2) is 18.3 Å². The Labute approximate surface area is 158 Å². The van der Waals surface area contributed by atoms with E-state index in [-0.39, 0.29) is 11.9 Å². The Morgan fingerprint density at radius 2 is 1.96 bits per heavy atom. The van der Waals surface area contributed by atoms with Crippen LogP contribution in [0, 0.1) is 5.82 Å². The molecule has 27 heavy (non-hydrogen) atoms. The van der Waals surface area contributed by atoms with Gasteiger partial charge in [0, 0.05) is 30.3 Å². The molecule has 0 atom stereocenters. The molecule has 0 N–H and O–H groups in total. The molecule has 0 aromatic carbocycles. The molecule has 0 spiro atoms. The van der Waals surface area contributed by atoms with Gasteiger partial charge in [0.15, 0.2) is 5.82 Å². The van der Waals surface area contributed by atoms with Gasteiger partial charge in [-0.05, 0) is 58.6 Å². The van der Waals surface area contributed by atoms with Gasteiger partial charge in [-0.2, -0.15) is 5.10 Å². The zero-order chi connectivity index (χ0) is 19.2. The first kappa shape index (κ1) is 17.9. The van der Waals surface area contributed by atoms with Crippen LogP contribution in [0.3, 0.4) is 0 Å². The van der Waals surface area contributed by atoms with Crippen molar-refractivity contribution in [2.24, 2.45) is 0 Å². The number of fused-ring (bicyclic) bond motifs is 3. The van der Waals surface area contributed by atoms with Crippen molar-refractivity contribution in [2.45, 2.75) is 58.0 Å². The third kappa shape index (κ3) is 3.68. The molecule has 2 aromatic heterocycles. The maximum absolute atomic E-state index is 13.4. The second kappa shape index (κ2) is 6.62. The summed E-state index contributed by atoms with van der Waals surface area (Å²) in [6, 6.07) is 3.69. The Morgan fingerprint density at radius 1 is 1.22 bits per heavy atom. The summed E-state index contributed by atoms with van der Waals surface area (Å²) < 4.78 is 20.8. The lowest BCUT2D eigenvalue weighted by Crippen LogP contribution is -2.41. The summed E-state index contributed by atoms with van der Waals surface area (Å²) in [6.45, 7) is 6.98. The number of amides is 1. The van der Waals surface area contributed by atoms with Crippen molar-refractivity contribution >= 4 is 6.09 Å². The molecule has 0 aliphatic carbocycles. The van der Waals surface area contributed by atoms with E-state index in [1.165, 1.54) is 6.20 Å². The van der Waals surface area contributed by atoms with Crippen LogP contribution in [0.25, 0.3) is 5.82 Å². The van der Waals surface area contributed by atoms with Gasteiger partial charge in [0.05, 0.1) is 11.9 Å². The molecule has 1 saturated heterocycles. The standard InChI is InChI=1S/C20H25FN4O2/c1-20(2,3)27-19(26)24-8-6-13(7-9-24)17-11-16-5-4-14-10-15(21)12-22-18(14)25(16)23-17/h10-13H,4-9H2,1-3H3. The number of rotatable bonds is 1. The van der Waals surface area contributed by atoms with E-state index in [4.69, 9.17) is 9.84 Å². The summed E-state index contributed by atoms with van der Waals surface area (Å²) in [5, 5.41) is 4.77. The van der Waals surface area contributed by atoms with Crippen LogP contribution in [0.5, 0.6) is 0 Å². The highest BCUT2D eigenvalue weighted by atomic mass is 19.1. The molecular weight excluding hydrogens is 347 g/mol. The monoisotopic (exact) mass is 372 g/mol. The van der Waals surface area contributed by atoms with Crippen LogP contribution in [0.1, 0.15) is 56.5 Å². The zero-order valence-corrected chi connectivity index (χ0v) is 16.0. The molecule has 7 heteroatoms. The number of aromatic nitrogens is 3. The van der Waals surface area contributed by atoms with Gasteiger partial charge < -0.3 is 9.64 Å². The van der Waals surface area contributed by atoms with E-state index < -0.39 is 5.60 Å². The normalized spacial score (nSPS) is 17.4.